The lowest BCUT2D eigenvalue weighted by Gasteiger charge is -2.33. The Morgan fingerprint density at radius 1 is 1.22 bits per heavy atom. The van der Waals surface area contributed by atoms with E-state index in [9.17, 15) is 14.0 Å². The zero-order valence-electron chi connectivity index (χ0n) is 17.3. The first kappa shape index (κ1) is 18.8. The van der Waals surface area contributed by atoms with Gasteiger partial charge in [0.1, 0.15) is 28.8 Å². The fourth-order valence-corrected chi connectivity index (χ4v) is 5.28. The Bertz CT molecular complexity index is 1410. The number of halogens is 1. The second kappa shape index (κ2) is 6.53. The molecule has 160 valence electrons. The van der Waals surface area contributed by atoms with Gasteiger partial charge in [0.2, 0.25) is 5.91 Å². The summed E-state index contributed by atoms with van der Waals surface area (Å²) in [6.07, 6.45) is 3.97. The SMILES string of the molecule is Cn1ccnc1[C@@H]1N(C(=O)c2cc3cc(F)ccc3[nH]2)CC[C@]12C(=O)Nc1ccccc12. The Morgan fingerprint density at radius 2 is 2.06 bits per heavy atom. The highest BCUT2D eigenvalue weighted by Crippen LogP contribution is 2.54. The lowest BCUT2D eigenvalue weighted by molar-refractivity contribution is -0.121. The molecule has 2 atom stereocenters. The minimum Gasteiger partial charge on any atom is -0.351 e. The molecule has 0 aliphatic carbocycles. The van der Waals surface area contributed by atoms with Gasteiger partial charge in [-0.3, -0.25) is 9.59 Å². The van der Waals surface area contributed by atoms with Crippen LogP contribution in [-0.4, -0.2) is 37.8 Å². The third kappa shape index (κ3) is 2.43. The van der Waals surface area contributed by atoms with Gasteiger partial charge in [-0.1, -0.05) is 18.2 Å². The van der Waals surface area contributed by atoms with E-state index >= 15 is 0 Å². The molecule has 0 unspecified atom stereocenters. The Kier molecular flexibility index (Phi) is 3.83. The van der Waals surface area contributed by atoms with Gasteiger partial charge < -0.3 is 19.8 Å². The number of nitrogens with zero attached hydrogens (tertiary/aromatic N) is 3. The van der Waals surface area contributed by atoms with Crippen molar-refractivity contribution in [2.45, 2.75) is 17.9 Å². The van der Waals surface area contributed by atoms with Crippen LogP contribution in [0, 0.1) is 5.82 Å². The molecule has 6 rings (SSSR count). The summed E-state index contributed by atoms with van der Waals surface area (Å²) in [4.78, 5) is 36.5. The summed E-state index contributed by atoms with van der Waals surface area (Å²) in [5.41, 5.74) is 1.76. The zero-order chi connectivity index (χ0) is 22.0. The normalized spacial score (nSPS) is 22.0. The molecule has 1 spiro atoms. The van der Waals surface area contributed by atoms with E-state index in [0.29, 0.717) is 35.4 Å². The number of H-pyrrole nitrogens is 1. The molecule has 7 nitrogen and oxygen atoms in total. The van der Waals surface area contributed by atoms with Crippen LogP contribution in [0.3, 0.4) is 0 Å². The van der Waals surface area contributed by atoms with Crippen molar-refractivity contribution in [1.29, 1.82) is 0 Å². The minimum absolute atomic E-state index is 0.124. The average Bonchev–Trinajstić information content (AvgIpc) is 3.53. The molecule has 8 heteroatoms. The van der Waals surface area contributed by atoms with Crippen molar-refractivity contribution < 1.29 is 14.0 Å². The van der Waals surface area contributed by atoms with Crippen LogP contribution in [0.5, 0.6) is 0 Å². The van der Waals surface area contributed by atoms with E-state index in [1.54, 1.807) is 23.2 Å². The molecule has 0 bridgehead atoms. The number of aryl methyl sites for hydroxylation is 1. The highest BCUT2D eigenvalue weighted by atomic mass is 19.1. The molecule has 4 aromatic rings. The van der Waals surface area contributed by atoms with Crippen molar-refractivity contribution >= 4 is 28.4 Å². The summed E-state index contributed by atoms with van der Waals surface area (Å²) in [6.45, 7) is 0.391. The van der Waals surface area contributed by atoms with Crippen LogP contribution in [0.4, 0.5) is 10.1 Å². The summed E-state index contributed by atoms with van der Waals surface area (Å²) in [6, 6.07) is 13.1. The number of carbonyl (C=O) groups excluding carboxylic acids is 2. The highest BCUT2D eigenvalue weighted by Gasteiger charge is 2.60. The van der Waals surface area contributed by atoms with E-state index < -0.39 is 11.5 Å². The number of fused-ring (bicyclic) bond motifs is 3. The van der Waals surface area contributed by atoms with Gasteiger partial charge in [0.25, 0.3) is 5.91 Å². The smallest absolute Gasteiger partial charge is 0.270 e. The lowest BCUT2D eigenvalue weighted by atomic mass is 9.74. The maximum Gasteiger partial charge on any atom is 0.270 e. The summed E-state index contributed by atoms with van der Waals surface area (Å²) in [5.74, 6) is -0.0880. The molecular formula is C24H20FN5O2. The van der Waals surface area contributed by atoms with Crippen LogP contribution in [-0.2, 0) is 17.3 Å². The van der Waals surface area contributed by atoms with Crippen molar-refractivity contribution in [2.24, 2.45) is 7.05 Å². The summed E-state index contributed by atoms with van der Waals surface area (Å²) in [5, 5.41) is 3.63. The van der Waals surface area contributed by atoms with Gasteiger partial charge >= 0.3 is 0 Å². The molecule has 2 N–H and O–H groups in total. The Balaban J connectivity index is 1.50. The molecule has 2 amide bonds. The predicted octanol–water partition coefficient (Wildman–Crippen LogP) is 3.52. The van der Waals surface area contributed by atoms with Gasteiger partial charge in [-0.15, -0.1) is 0 Å². The summed E-state index contributed by atoms with van der Waals surface area (Å²) < 4.78 is 15.5. The summed E-state index contributed by atoms with van der Waals surface area (Å²) in [7, 11) is 1.86. The number of imidazole rings is 1. The van der Waals surface area contributed by atoms with E-state index in [4.69, 9.17) is 0 Å². The molecule has 32 heavy (non-hydrogen) atoms. The Labute approximate surface area is 182 Å². The van der Waals surface area contributed by atoms with Crippen molar-refractivity contribution in [3.8, 4) is 0 Å². The quantitative estimate of drug-likeness (QED) is 0.512. The third-order valence-corrected chi connectivity index (χ3v) is 6.76. The molecule has 2 aromatic heterocycles. The van der Waals surface area contributed by atoms with E-state index in [1.165, 1.54) is 12.1 Å². The number of carbonyl (C=O) groups is 2. The molecule has 2 aliphatic rings. The number of rotatable bonds is 2. The number of para-hydroxylation sites is 1. The summed E-state index contributed by atoms with van der Waals surface area (Å²) >= 11 is 0. The van der Waals surface area contributed by atoms with Crippen molar-refractivity contribution in [3.63, 3.8) is 0 Å². The largest absolute Gasteiger partial charge is 0.351 e. The third-order valence-electron chi connectivity index (χ3n) is 6.76. The molecule has 0 radical (unpaired) electrons. The number of hydrogen-bond donors (Lipinski definition) is 2. The highest BCUT2D eigenvalue weighted by molar-refractivity contribution is 6.08. The van der Waals surface area contributed by atoms with E-state index in [-0.39, 0.29) is 17.6 Å². The molecule has 4 heterocycles. The fraction of sp³-hybridized carbons (Fsp3) is 0.208. The van der Waals surface area contributed by atoms with Gasteiger partial charge in [0, 0.05) is 42.6 Å². The van der Waals surface area contributed by atoms with Gasteiger partial charge in [-0.05, 0) is 42.3 Å². The first-order valence-electron chi connectivity index (χ1n) is 10.5. The van der Waals surface area contributed by atoms with Crippen molar-refractivity contribution in [1.82, 2.24) is 19.4 Å². The number of nitrogens with one attached hydrogen (secondary N) is 2. The van der Waals surface area contributed by atoms with E-state index in [0.717, 1.165) is 11.3 Å². The predicted molar refractivity (Wildman–Crippen MR) is 117 cm³/mol. The van der Waals surface area contributed by atoms with Crippen molar-refractivity contribution in [3.05, 3.63) is 83.8 Å². The average molecular weight is 429 g/mol. The molecule has 2 aromatic carbocycles. The minimum atomic E-state index is -0.927. The number of hydrogen-bond acceptors (Lipinski definition) is 3. The Hall–Kier alpha value is -3.94. The molecule has 2 aliphatic heterocycles. The number of aromatic amines is 1. The number of aromatic nitrogens is 3. The molecule has 1 saturated heterocycles. The molecule has 1 fully saturated rings. The number of amides is 2. The second-order valence-electron chi connectivity index (χ2n) is 8.43. The van der Waals surface area contributed by atoms with Gasteiger partial charge in [-0.25, -0.2) is 9.37 Å². The number of likely N-dealkylation sites (tertiary alicyclic amines) is 1. The van der Waals surface area contributed by atoms with Gasteiger partial charge in [-0.2, -0.15) is 0 Å². The second-order valence-corrected chi connectivity index (χ2v) is 8.43. The standard InChI is InChI=1S/C24H20FN5O2/c1-29-11-9-26-21(29)20-24(16-4-2-3-5-18(16)28-23(24)32)8-10-30(20)22(31)19-13-14-12-15(25)6-7-17(14)27-19/h2-7,9,11-13,20,27H,8,10H2,1H3,(H,28,32)/t20-,24+/m0/s1. The maximum absolute atomic E-state index is 13.7. The first-order chi connectivity index (χ1) is 15.5. The van der Waals surface area contributed by atoms with E-state index in [1.807, 2.05) is 42.1 Å². The van der Waals surface area contributed by atoms with Crippen LogP contribution in [0.1, 0.15) is 34.3 Å². The van der Waals surface area contributed by atoms with Crippen LogP contribution < -0.4 is 5.32 Å². The van der Waals surface area contributed by atoms with Gasteiger partial charge in [0.05, 0.1) is 0 Å². The maximum atomic E-state index is 13.7. The van der Waals surface area contributed by atoms with Crippen LogP contribution >= 0.6 is 0 Å². The van der Waals surface area contributed by atoms with E-state index in [2.05, 4.69) is 15.3 Å². The van der Waals surface area contributed by atoms with Crippen LogP contribution in [0.25, 0.3) is 10.9 Å². The number of benzene rings is 2. The lowest BCUT2D eigenvalue weighted by Crippen LogP contribution is -2.43. The first-order valence-corrected chi connectivity index (χ1v) is 10.5. The zero-order valence-corrected chi connectivity index (χ0v) is 17.3. The Morgan fingerprint density at radius 3 is 2.88 bits per heavy atom. The monoisotopic (exact) mass is 429 g/mol. The fourth-order valence-electron chi connectivity index (χ4n) is 5.28. The molecule has 0 saturated carbocycles. The van der Waals surface area contributed by atoms with Crippen LogP contribution in [0.15, 0.2) is 60.9 Å². The van der Waals surface area contributed by atoms with Crippen molar-refractivity contribution in [2.75, 3.05) is 11.9 Å². The molecular weight excluding hydrogens is 409 g/mol. The van der Waals surface area contributed by atoms with Gasteiger partial charge in [0.15, 0.2) is 0 Å². The topological polar surface area (TPSA) is 83.0 Å². The number of anilines is 1. The van der Waals surface area contributed by atoms with Crippen LogP contribution in [0.2, 0.25) is 0 Å².